The van der Waals surface area contributed by atoms with Crippen LogP contribution in [-0.2, 0) is 6.42 Å². The lowest BCUT2D eigenvalue weighted by atomic mass is 10.1. The lowest BCUT2D eigenvalue weighted by Crippen LogP contribution is -2.34. The van der Waals surface area contributed by atoms with Gasteiger partial charge in [0.05, 0.1) is 6.20 Å². The summed E-state index contributed by atoms with van der Waals surface area (Å²) in [6.07, 6.45) is 1.46. The van der Waals surface area contributed by atoms with Crippen molar-refractivity contribution in [2.75, 3.05) is 0 Å². The topological polar surface area (TPSA) is 82.5 Å². The molecule has 1 atom stereocenters. The molecule has 3 N–H and O–H groups in total. The van der Waals surface area contributed by atoms with Crippen molar-refractivity contribution in [1.29, 1.82) is 0 Å². The number of carbonyl (C=O) groups excluding carboxylic acids is 1. The zero-order valence-electron chi connectivity index (χ0n) is 11.4. The molecule has 0 aliphatic carbocycles. The Balaban J connectivity index is 1.97. The third-order valence-corrected chi connectivity index (χ3v) is 2.92. The maximum Gasteiger partial charge on any atom is 0.270 e. The van der Waals surface area contributed by atoms with Gasteiger partial charge >= 0.3 is 0 Å². The van der Waals surface area contributed by atoms with Gasteiger partial charge < -0.3 is 15.5 Å². The van der Waals surface area contributed by atoms with E-state index in [1.54, 1.807) is 13.0 Å². The summed E-state index contributed by atoms with van der Waals surface area (Å²) >= 11 is 0. The first-order valence-corrected chi connectivity index (χ1v) is 6.39. The number of nitrogens with one attached hydrogen (secondary N) is 1. The van der Waals surface area contributed by atoms with E-state index in [9.17, 15) is 19.4 Å². The van der Waals surface area contributed by atoms with Crippen LogP contribution in [0.4, 0.5) is 4.39 Å². The van der Waals surface area contributed by atoms with Gasteiger partial charge in [0.1, 0.15) is 11.5 Å². The van der Waals surface area contributed by atoms with Crippen LogP contribution in [0, 0.1) is 5.82 Å². The summed E-state index contributed by atoms with van der Waals surface area (Å²) in [5.41, 5.74) is 0.905. The molecule has 0 bridgehead atoms. The van der Waals surface area contributed by atoms with Crippen molar-refractivity contribution in [2.24, 2.45) is 0 Å². The van der Waals surface area contributed by atoms with Crippen molar-refractivity contribution in [3.63, 3.8) is 0 Å². The molecule has 0 fully saturated rings. The third-order valence-electron chi connectivity index (χ3n) is 2.92. The van der Waals surface area contributed by atoms with E-state index in [1.807, 2.05) is 0 Å². The number of phenolic OH excluding ortho intramolecular Hbond substituents is 2. The van der Waals surface area contributed by atoms with E-state index >= 15 is 0 Å². The Hall–Kier alpha value is -2.63. The Morgan fingerprint density at radius 1 is 1.29 bits per heavy atom. The number of benzene rings is 1. The molecule has 110 valence electrons. The van der Waals surface area contributed by atoms with Crippen LogP contribution < -0.4 is 5.32 Å². The number of phenols is 2. The number of nitrogens with zero attached hydrogens (tertiary/aromatic N) is 1. The SMILES string of the molecule is CC(Cc1ccc(O)c(O)c1)NC(=O)c1ccc(F)cn1. The second-order valence-electron chi connectivity index (χ2n) is 4.76. The summed E-state index contributed by atoms with van der Waals surface area (Å²) in [5, 5.41) is 21.4. The van der Waals surface area contributed by atoms with Crippen LogP contribution in [0.2, 0.25) is 0 Å². The quantitative estimate of drug-likeness (QED) is 0.752. The van der Waals surface area contributed by atoms with E-state index in [-0.39, 0.29) is 23.2 Å². The van der Waals surface area contributed by atoms with Gasteiger partial charge in [0.2, 0.25) is 0 Å². The first kappa shape index (κ1) is 14.8. The van der Waals surface area contributed by atoms with Crippen molar-refractivity contribution >= 4 is 5.91 Å². The number of amides is 1. The Morgan fingerprint density at radius 2 is 2.05 bits per heavy atom. The second-order valence-corrected chi connectivity index (χ2v) is 4.76. The molecule has 6 heteroatoms. The minimum absolute atomic E-state index is 0.136. The normalized spacial score (nSPS) is 11.9. The summed E-state index contributed by atoms with van der Waals surface area (Å²) in [5.74, 6) is -1.29. The molecule has 1 aromatic carbocycles. The summed E-state index contributed by atoms with van der Waals surface area (Å²) in [4.78, 5) is 15.6. The van der Waals surface area contributed by atoms with Crippen molar-refractivity contribution in [3.05, 3.63) is 53.6 Å². The van der Waals surface area contributed by atoms with Crippen molar-refractivity contribution in [2.45, 2.75) is 19.4 Å². The van der Waals surface area contributed by atoms with Crippen LogP contribution in [0.25, 0.3) is 0 Å². The second kappa shape index (κ2) is 6.21. The molecule has 2 aromatic rings. The molecular formula is C15H15FN2O3. The van der Waals surface area contributed by atoms with Gasteiger partial charge in [0.15, 0.2) is 11.5 Å². The minimum Gasteiger partial charge on any atom is -0.504 e. The molecule has 0 saturated carbocycles. The first-order chi connectivity index (χ1) is 9.95. The zero-order chi connectivity index (χ0) is 15.4. The Morgan fingerprint density at radius 3 is 2.67 bits per heavy atom. The van der Waals surface area contributed by atoms with Crippen LogP contribution in [-0.4, -0.2) is 27.1 Å². The summed E-state index contributed by atoms with van der Waals surface area (Å²) < 4.78 is 12.7. The summed E-state index contributed by atoms with van der Waals surface area (Å²) in [6, 6.07) is 6.75. The highest BCUT2D eigenvalue weighted by molar-refractivity contribution is 5.92. The van der Waals surface area contributed by atoms with Gasteiger partial charge in [0, 0.05) is 6.04 Å². The van der Waals surface area contributed by atoms with E-state index in [2.05, 4.69) is 10.3 Å². The van der Waals surface area contributed by atoms with Gasteiger partial charge in [0.25, 0.3) is 5.91 Å². The average Bonchev–Trinajstić information content (AvgIpc) is 2.43. The van der Waals surface area contributed by atoms with Crippen LogP contribution in [0.5, 0.6) is 11.5 Å². The number of aromatic hydroxyl groups is 2. The number of carbonyl (C=O) groups is 1. The smallest absolute Gasteiger partial charge is 0.270 e. The molecule has 2 rings (SSSR count). The zero-order valence-corrected chi connectivity index (χ0v) is 11.4. The van der Waals surface area contributed by atoms with Gasteiger partial charge in [-0.15, -0.1) is 0 Å². The maximum absolute atomic E-state index is 12.7. The average molecular weight is 290 g/mol. The van der Waals surface area contributed by atoms with Gasteiger partial charge in [-0.25, -0.2) is 9.37 Å². The van der Waals surface area contributed by atoms with Gasteiger partial charge in [-0.1, -0.05) is 6.07 Å². The first-order valence-electron chi connectivity index (χ1n) is 6.39. The third kappa shape index (κ3) is 3.92. The fourth-order valence-corrected chi connectivity index (χ4v) is 1.91. The predicted octanol–water partition coefficient (Wildman–Crippen LogP) is 1.99. The van der Waals surface area contributed by atoms with Gasteiger partial charge in [-0.3, -0.25) is 4.79 Å². The standard InChI is InChI=1S/C15H15FN2O3/c1-9(6-10-2-5-13(19)14(20)7-10)18-15(21)12-4-3-11(16)8-17-12/h2-5,7-9,19-20H,6H2,1H3,(H,18,21). The molecule has 0 radical (unpaired) electrons. The summed E-state index contributed by atoms with van der Waals surface area (Å²) in [6.45, 7) is 1.80. The molecule has 1 aromatic heterocycles. The van der Waals surface area contributed by atoms with Crippen molar-refractivity contribution in [1.82, 2.24) is 10.3 Å². The van der Waals surface area contributed by atoms with E-state index in [4.69, 9.17) is 0 Å². The highest BCUT2D eigenvalue weighted by Crippen LogP contribution is 2.25. The molecule has 1 unspecified atom stereocenters. The highest BCUT2D eigenvalue weighted by atomic mass is 19.1. The Kier molecular flexibility index (Phi) is 4.37. The molecule has 0 aliphatic heterocycles. The molecule has 0 saturated heterocycles. The van der Waals surface area contributed by atoms with Crippen molar-refractivity contribution in [3.8, 4) is 11.5 Å². The van der Waals surface area contributed by atoms with Crippen molar-refractivity contribution < 1.29 is 19.4 Å². The predicted molar refractivity (Wildman–Crippen MR) is 74.6 cm³/mol. The van der Waals surface area contributed by atoms with E-state index in [1.165, 1.54) is 24.3 Å². The van der Waals surface area contributed by atoms with Crippen LogP contribution in [0.1, 0.15) is 23.0 Å². The number of hydrogen-bond acceptors (Lipinski definition) is 4. The van der Waals surface area contributed by atoms with Crippen LogP contribution in [0.3, 0.4) is 0 Å². The van der Waals surface area contributed by atoms with E-state index in [0.29, 0.717) is 6.42 Å². The molecule has 21 heavy (non-hydrogen) atoms. The van der Waals surface area contributed by atoms with E-state index in [0.717, 1.165) is 11.8 Å². The fourth-order valence-electron chi connectivity index (χ4n) is 1.91. The molecule has 1 heterocycles. The van der Waals surface area contributed by atoms with E-state index < -0.39 is 11.7 Å². The molecule has 0 aliphatic rings. The lowest BCUT2D eigenvalue weighted by Gasteiger charge is -2.14. The molecular weight excluding hydrogens is 275 g/mol. The maximum atomic E-state index is 12.7. The van der Waals surface area contributed by atoms with Crippen LogP contribution in [0.15, 0.2) is 36.5 Å². The molecule has 5 nitrogen and oxygen atoms in total. The summed E-state index contributed by atoms with van der Waals surface area (Å²) in [7, 11) is 0. The Bertz CT molecular complexity index is 644. The highest BCUT2D eigenvalue weighted by Gasteiger charge is 2.12. The number of rotatable bonds is 4. The number of aromatic nitrogens is 1. The fraction of sp³-hybridized carbons (Fsp3) is 0.200. The lowest BCUT2D eigenvalue weighted by molar-refractivity contribution is 0.0935. The van der Waals surface area contributed by atoms with Crippen LogP contribution >= 0.6 is 0 Å². The minimum atomic E-state index is -0.501. The molecule has 0 spiro atoms. The number of pyridine rings is 1. The largest absolute Gasteiger partial charge is 0.504 e. The Labute approximate surface area is 121 Å². The van der Waals surface area contributed by atoms with Gasteiger partial charge in [-0.05, 0) is 43.2 Å². The monoisotopic (exact) mass is 290 g/mol. The van der Waals surface area contributed by atoms with Gasteiger partial charge in [-0.2, -0.15) is 0 Å². The number of halogens is 1. The molecule has 1 amide bonds. The number of hydrogen-bond donors (Lipinski definition) is 3.